The maximum atomic E-state index is 11.7. The Morgan fingerprint density at radius 1 is 1.50 bits per heavy atom. The second-order valence-electron chi connectivity index (χ2n) is 3.98. The molecule has 1 atom stereocenters. The zero-order chi connectivity index (χ0) is 13.7. The van der Waals surface area contributed by atoms with Gasteiger partial charge in [-0.15, -0.1) is 0 Å². The van der Waals surface area contributed by atoms with E-state index in [2.05, 4.69) is 21.2 Å². The lowest BCUT2D eigenvalue weighted by molar-refractivity contribution is -0.137. The van der Waals surface area contributed by atoms with Gasteiger partial charge in [-0.25, -0.2) is 4.79 Å². The minimum Gasteiger partial charge on any atom is -0.480 e. The second-order valence-corrected chi connectivity index (χ2v) is 4.89. The van der Waals surface area contributed by atoms with Gasteiger partial charge >= 0.3 is 12.0 Å². The molecular weight excluding hydrogens is 300 g/mol. The van der Waals surface area contributed by atoms with E-state index in [9.17, 15) is 9.59 Å². The Bertz CT molecular complexity index is 451. The summed E-state index contributed by atoms with van der Waals surface area (Å²) in [5.74, 6) is -1.04. The van der Waals surface area contributed by atoms with Crippen LogP contribution in [0.3, 0.4) is 0 Å². The summed E-state index contributed by atoms with van der Waals surface area (Å²) in [7, 11) is 1.44. The van der Waals surface area contributed by atoms with Crippen molar-refractivity contribution in [3.8, 4) is 0 Å². The van der Waals surface area contributed by atoms with E-state index in [1.165, 1.54) is 7.05 Å². The number of carbonyl (C=O) groups excluding carboxylic acids is 1. The van der Waals surface area contributed by atoms with Gasteiger partial charge in [0, 0.05) is 11.5 Å². The first kappa shape index (κ1) is 14.5. The molecule has 0 aromatic heterocycles. The van der Waals surface area contributed by atoms with E-state index in [1.807, 2.05) is 31.2 Å². The lowest BCUT2D eigenvalue weighted by Gasteiger charge is -2.20. The summed E-state index contributed by atoms with van der Waals surface area (Å²) in [4.78, 5) is 23.3. The number of halogens is 1. The summed E-state index contributed by atoms with van der Waals surface area (Å²) in [6.45, 7) is 1.52. The molecule has 0 heterocycles. The minimum atomic E-state index is -1.04. The number of benzene rings is 1. The first-order valence-corrected chi connectivity index (χ1v) is 6.18. The number of rotatable bonds is 4. The minimum absolute atomic E-state index is 0.189. The van der Waals surface area contributed by atoms with E-state index in [0.29, 0.717) is 0 Å². The summed E-state index contributed by atoms with van der Waals surface area (Å²) < 4.78 is 0.931. The molecule has 0 aliphatic rings. The highest BCUT2D eigenvalue weighted by Crippen LogP contribution is 2.17. The number of aliphatic carboxylic acids is 1. The van der Waals surface area contributed by atoms with Crippen LogP contribution in [0.4, 0.5) is 4.79 Å². The number of nitrogens with one attached hydrogen (secondary N) is 1. The van der Waals surface area contributed by atoms with Crippen molar-refractivity contribution in [2.24, 2.45) is 0 Å². The number of amides is 2. The van der Waals surface area contributed by atoms with Crippen LogP contribution in [0.5, 0.6) is 0 Å². The SMILES string of the molecule is CC(NC(=O)N(C)CC(=O)O)c1cccc(Br)c1. The van der Waals surface area contributed by atoms with Gasteiger partial charge in [0.25, 0.3) is 0 Å². The monoisotopic (exact) mass is 314 g/mol. The summed E-state index contributed by atoms with van der Waals surface area (Å²) in [6, 6.07) is 6.98. The molecule has 0 spiro atoms. The van der Waals surface area contributed by atoms with E-state index in [0.717, 1.165) is 14.9 Å². The van der Waals surface area contributed by atoms with Crippen LogP contribution in [-0.2, 0) is 4.79 Å². The van der Waals surface area contributed by atoms with Gasteiger partial charge in [-0.3, -0.25) is 4.79 Å². The molecule has 6 heteroatoms. The van der Waals surface area contributed by atoms with Crippen LogP contribution in [0.1, 0.15) is 18.5 Å². The molecule has 0 aliphatic carbocycles. The summed E-state index contributed by atoms with van der Waals surface area (Å²) >= 11 is 3.36. The fourth-order valence-corrected chi connectivity index (χ4v) is 1.85. The fraction of sp³-hybridized carbons (Fsp3) is 0.333. The van der Waals surface area contributed by atoms with Crippen molar-refractivity contribution in [2.45, 2.75) is 13.0 Å². The van der Waals surface area contributed by atoms with Crippen LogP contribution < -0.4 is 5.32 Å². The third kappa shape index (κ3) is 4.37. The molecule has 5 nitrogen and oxygen atoms in total. The standard InChI is InChI=1S/C12H15BrN2O3/c1-8(9-4-3-5-10(13)6-9)14-12(18)15(2)7-11(16)17/h3-6,8H,7H2,1-2H3,(H,14,18)(H,16,17). The Kier molecular flexibility index (Phi) is 5.15. The zero-order valence-corrected chi connectivity index (χ0v) is 11.8. The Hall–Kier alpha value is -1.56. The molecule has 0 saturated heterocycles. The topological polar surface area (TPSA) is 69.6 Å². The molecular formula is C12H15BrN2O3. The van der Waals surface area contributed by atoms with Crippen LogP contribution in [0.25, 0.3) is 0 Å². The van der Waals surface area contributed by atoms with E-state index >= 15 is 0 Å². The lowest BCUT2D eigenvalue weighted by atomic mass is 10.1. The molecule has 0 saturated carbocycles. The van der Waals surface area contributed by atoms with Crippen molar-refractivity contribution in [3.63, 3.8) is 0 Å². The fourth-order valence-electron chi connectivity index (χ4n) is 1.43. The average molecular weight is 315 g/mol. The molecule has 0 bridgehead atoms. The van der Waals surface area contributed by atoms with Crippen LogP contribution in [0.2, 0.25) is 0 Å². The summed E-state index contributed by atoms with van der Waals surface area (Å²) in [5, 5.41) is 11.3. The van der Waals surface area contributed by atoms with Crippen LogP contribution in [0.15, 0.2) is 28.7 Å². The number of hydrogen-bond acceptors (Lipinski definition) is 2. The van der Waals surface area contributed by atoms with E-state index in [4.69, 9.17) is 5.11 Å². The Labute approximate surface area is 114 Å². The van der Waals surface area contributed by atoms with Crippen LogP contribution >= 0.6 is 15.9 Å². The lowest BCUT2D eigenvalue weighted by Crippen LogP contribution is -2.41. The predicted molar refractivity (Wildman–Crippen MR) is 71.4 cm³/mol. The first-order chi connectivity index (χ1) is 8.40. The number of carbonyl (C=O) groups is 2. The zero-order valence-electron chi connectivity index (χ0n) is 10.2. The van der Waals surface area contributed by atoms with Gasteiger partial charge in [-0.1, -0.05) is 28.1 Å². The van der Waals surface area contributed by atoms with E-state index in [1.54, 1.807) is 0 Å². The Morgan fingerprint density at radius 3 is 2.72 bits per heavy atom. The van der Waals surface area contributed by atoms with Gasteiger partial charge in [0.15, 0.2) is 0 Å². The normalized spacial score (nSPS) is 11.7. The van der Waals surface area contributed by atoms with Crippen molar-refractivity contribution in [1.82, 2.24) is 10.2 Å². The summed E-state index contributed by atoms with van der Waals surface area (Å²) in [6.07, 6.45) is 0. The number of likely N-dealkylation sites (N-methyl/N-ethyl adjacent to an activating group) is 1. The molecule has 98 valence electrons. The molecule has 0 aliphatic heterocycles. The van der Waals surface area contributed by atoms with Crippen molar-refractivity contribution in [3.05, 3.63) is 34.3 Å². The molecule has 1 unspecified atom stereocenters. The molecule has 1 aromatic carbocycles. The molecule has 1 rings (SSSR count). The van der Waals surface area contributed by atoms with Gasteiger partial charge in [0.1, 0.15) is 6.54 Å². The summed E-state index contributed by atoms with van der Waals surface area (Å²) in [5.41, 5.74) is 0.946. The first-order valence-electron chi connectivity index (χ1n) is 5.39. The molecule has 2 amide bonds. The van der Waals surface area contributed by atoms with Crippen molar-refractivity contribution < 1.29 is 14.7 Å². The molecule has 0 radical (unpaired) electrons. The maximum Gasteiger partial charge on any atom is 0.323 e. The number of urea groups is 1. The maximum absolute atomic E-state index is 11.7. The highest BCUT2D eigenvalue weighted by Gasteiger charge is 2.15. The molecule has 18 heavy (non-hydrogen) atoms. The highest BCUT2D eigenvalue weighted by atomic mass is 79.9. The predicted octanol–water partition coefficient (Wildman–Crippen LogP) is 2.24. The number of carboxylic acid groups (broad SMARTS) is 1. The van der Waals surface area contributed by atoms with E-state index < -0.39 is 12.0 Å². The van der Waals surface area contributed by atoms with Crippen molar-refractivity contribution in [1.29, 1.82) is 0 Å². The van der Waals surface area contributed by atoms with Gasteiger partial charge in [-0.2, -0.15) is 0 Å². The van der Waals surface area contributed by atoms with Gasteiger partial charge in [0.2, 0.25) is 0 Å². The van der Waals surface area contributed by atoms with Crippen LogP contribution in [0, 0.1) is 0 Å². The number of carboxylic acids is 1. The molecule has 2 N–H and O–H groups in total. The third-order valence-corrected chi connectivity index (χ3v) is 2.90. The number of nitrogens with zero attached hydrogens (tertiary/aromatic N) is 1. The van der Waals surface area contributed by atoms with Crippen molar-refractivity contribution >= 4 is 27.9 Å². The largest absolute Gasteiger partial charge is 0.480 e. The quantitative estimate of drug-likeness (QED) is 0.895. The van der Waals surface area contributed by atoms with Gasteiger partial charge in [-0.05, 0) is 24.6 Å². The average Bonchev–Trinajstić information content (AvgIpc) is 2.27. The second kappa shape index (κ2) is 6.39. The number of hydrogen-bond donors (Lipinski definition) is 2. The van der Waals surface area contributed by atoms with Gasteiger partial charge < -0.3 is 15.3 Å². The van der Waals surface area contributed by atoms with Crippen LogP contribution in [-0.4, -0.2) is 35.6 Å². The van der Waals surface area contributed by atoms with Crippen molar-refractivity contribution in [2.75, 3.05) is 13.6 Å². The third-order valence-electron chi connectivity index (χ3n) is 2.41. The smallest absolute Gasteiger partial charge is 0.323 e. The van der Waals surface area contributed by atoms with E-state index in [-0.39, 0.29) is 12.6 Å². The Morgan fingerprint density at radius 2 is 2.17 bits per heavy atom. The highest BCUT2D eigenvalue weighted by molar-refractivity contribution is 9.10. The molecule has 1 aromatic rings. The van der Waals surface area contributed by atoms with Gasteiger partial charge in [0.05, 0.1) is 6.04 Å². The Balaban J connectivity index is 2.62. The molecule has 0 fully saturated rings.